The van der Waals surface area contributed by atoms with Gasteiger partial charge in [0.15, 0.2) is 0 Å². The lowest BCUT2D eigenvalue weighted by Gasteiger charge is -2.42. The second kappa shape index (κ2) is 9.66. The highest BCUT2D eigenvalue weighted by atomic mass is 35.5. The number of hydrogen-bond acceptors (Lipinski definition) is 3. The molecule has 0 unspecified atom stereocenters. The summed E-state index contributed by atoms with van der Waals surface area (Å²) in [6.07, 6.45) is 2.12. The molecule has 0 bridgehead atoms. The molecule has 0 heterocycles. The Hall–Kier alpha value is -2.67. The monoisotopic (exact) mass is 524 g/mol. The Morgan fingerprint density at radius 3 is 2.08 bits per heavy atom. The van der Waals surface area contributed by atoms with Crippen molar-refractivity contribution in [2.24, 2.45) is 5.73 Å². The number of primary amides is 1. The highest BCUT2D eigenvalue weighted by Crippen LogP contribution is 2.46. The van der Waals surface area contributed by atoms with E-state index >= 15 is 0 Å². The number of carbonyl (C=O) groups is 1. The Bertz CT molecular complexity index is 1370. The van der Waals surface area contributed by atoms with Crippen molar-refractivity contribution >= 4 is 27.5 Å². The van der Waals surface area contributed by atoms with E-state index in [1.165, 1.54) is 39.7 Å². The summed E-state index contributed by atoms with van der Waals surface area (Å²) < 4.78 is 29.1. The molecule has 5 nitrogen and oxygen atoms in total. The van der Waals surface area contributed by atoms with Gasteiger partial charge >= 0.3 is 0 Å². The van der Waals surface area contributed by atoms with Gasteiger partial charge in [0.05, 0.1) is 4.90 Å². The van der Waals surface area contributed by atoms with Crippen LogP contribution in [0.25, 0.3) is 0 Å². The van der Waals surface area contributed by atoms with Gasteiger partial charge in [0.2, 0.25) is 15.9 Å². The molecule has 0 aliphatic heterocycles. The lowest BCUT2D eigenvalue weighted by Crippen LogP contribution is -2.41. The third kappa shape index (κ3) is 5.08. The van der Waals surface area contributed by atoms with Crippen LogP contribution in [0.3, 0.4) is 0 Å². The summed E-state index contributed by atoms with van der Waals surface area (Å²) in [6, 6.07) is 19.7. The van der Waals surface area contributed by atoms with Crippen LogP contribution < -0.4 is 5.73 Å². The summed E-state index contributed by atoms with van der Waals surface area (Å²) in [7, 11) is -4.11. The van der Waals surface area contributed by atoms with E-state index in [0.717, 1.165) is 18.4 Å². The van der Waals surface area contributed by atoms with Gasteiger partial charge in [0.1, 0.15) is 6.04 Å². The van der Waals surface area contributed by atoms with Gasteiger partial charge in [-0.2, -0.15) is 4.31 Å². The van der Waals surface area contributed by atoms with Crippen molar-refractivity contribution in [1.29, 1.82) is 0 Å². The van der Waals surface area contributed by atoms with E-state index < -0.39 is 22.0 Å². The van der Waals surface area contributed by atoms with Crippen LogP contribution in [0, 0.1) is 0 Å². The third-order valence-electron chi connectivity index (χ3n) is 7.35. The molecule has 0 saturated heterocycles. The molecule has 1 amide bonds. The molecule has 36 heavy (non-hydrogen) atoms. The molecule has 1 atom stereocenters. The van der Waals surface area contributed by atoms with Crippen molar-refractivity contribution in [1.82, 2.24) is 4.31 Å². The minimum Gasteiger partial charge on any atom is -0.368 e. The quantitative estimate of drug-likeness (QED) is 0.405. The van der Waals surface area contributed by atoms with Gasteiger partial charge in [-0.1, -0.05) is 87.8 Å². The van der Waals surface area contributed by atoms with E-state index in [2.05, 4.69) is 39.8 Å². The summed E-state index contributed by atoms with van der Waals surface area (Å²) in [5.74, 6) is -0.738. The van der Waals surface area contributed by atoms with E-state index in [4.69, 9.17) is 17.3 Å². The summed E-state index contributed by atoms with van der Waals surface area (Å²) in [5.41, 5.74) is 9.67. The zero-order valence-electron chi connectivity index (χ0n) is 21.2. The van der Waals surface area contributed by atoms with Crippen molar-refractivity contribution < 1.29 is 13.2 Å². The Morgan fingerprint density at radius 2 is 1.50 bits per heavy atom. The van der Waals surface area contributed by atoms with Crippen molar-refractivity contribution in [2.45, 2.75) is 68.8 Å². The molecule has 4 rings (SSSR count). The summed E-state index contributed by atoms with van der Waals surface area (Å²) in [4.78, 5) is 12.8. The van der Waals surface area contributed by atoms with E-state index in [0.29, 0.717) is 10.6 Å². The summed E-state index contributed by atoms with van der Waals surface area (Å²) in [6.45, 7) is 8.94. The first-order valence-corrected chi connectivity index (χ1v) is 13.9. The fraction of sp³-hybridized carbons (Fsp3) is 0.345. The molecule has 2 N–H and O–H groups in total. The van der Waals surface area contributed by atoms with Gasteiger partial charge in [-0.25, -0.2) is 8.42 Å². The van der Waals surface area contributed by atoms with E-state index in [-0.39, 0.29) is 22.3 Å². The molecule has 1 aliphatic rings. The number of amides is 1. The molecule has 0 spiro atoms. The summed E-state index contributed by atoms with van der Waals surface area (Å²) >= 11 is 6.01. The molecule has 0 aromatic heterocycles. The van der Waals surface area contributed by atoms with Crippen molar-refractivity contribution in [2.75, 3.05) is 0 Å². The topological polar surface area (TPSA) is 80.5 Å². The highest BCUT2D eigenvalue weighted by molar-refractivity contribution is 7.89. The predicted molar refractivity (Wildman–Crippen MR) is 144 cm³/mol. The normalized spacial score (nSPS) is 17.4. The van der Waals surface area contributed by atoms with Gasteiger partial charge in [-0.15, -0.1) is 0 Å². The SMILES string of the molecule is CC1(C)CCC(C)(C)c2cc(CN([C@@H](C(N)=O)c3ccccc3)S(=O)(=O)c3ccc(Cl)cc3)ccc21. The van der Waals surface area contributed by atoms with Crippen LogP contribution in [0.1, 0.15) is 68.8 Å². The van der Waals surface area contributed by atoms with Crippen LogP contribution in [-0.4, -0.2) is 18.6 Å². The predicted octanol–water partition coefficient (Wildman–Crippen LogP) is 6.11. The standard InChI is InChI=1S/C29H33ClN2O3S/c1-28(2)16-17-29(3,4)25-18-20(10-15-24(25)28)19-32(26(27(31)33)21-8-6-5-7-9-21)36(34,35)23-13-11-22(30)12-14-23/h5-15,18,26H,16-17,19H2,1-4H3,(H2,31,33)/t26-/m1/s1. The Morgan fingerprint density at radius 1 is 0.917 bits per heavy atom. The molecule has 0 saturated carbocycles. The average molecular weight is 525 g/mol. The molecule has 1 aliphatic carbocycles. The van der Waals surface area contributed by atoms with Crippen LogP contribution in [-0.2, 0) is 32.2 Å². The molecule has 190 valence electrons. The van der Waals surface area contributed by atoms with E-state index in [1.54, 1.807) is 24.3 Å². The zero-order valence-corrected chi connectivity index (χ0v) is 22.7. The number of carbonyl (C=O) groups excluding carboxylic acids is 1. The van der Waals surface area contributed by atoms with Gasteiger partial charge in [-0.05, 0) is 70.2 Å². The number of fused-ring (bicyclic) bond motifs is 1. The minimum atomic E-state index is -4.11. The summed E-state index contributed by atoms with van der Waals surface area (Å²) in [5, 5.41) is 0.426. The molecule has 0 radical (unpaired) electrons. The highest BCUT2D eigenvalue weighted by Gasteiger charge is 2.39. The minimum absolute atomic E-state index is 0.00273. The maximum absolute atomic E-state index is 14.0. The Kier molecular flexibility index (Phi) is 7.08. The lowest BCUT2D eigenvalue weighted by atomic mass is 9.63. The molecule has 3 aromatic rings. The van der Waals surface area contributed by atoms with Crippen LogP contribution >= 0.6 is 11.6 Å². The maximum Gasteiger partial charge on any atom is 0.244 e. The van der Waals surface area contributed by atoms with Gasteiger partial charge in [0, 0.05) is 11.6 Å². The van der Waals surface area contributed by atoms with Crippen LogP contribution in [0.15, 0.2) is 77.7 Å². The third-order valence-corrected chi connectivity index (χ3v) is 9.43. The number of sulfonamides is 1. The molecule has 3 aromatic carbocycles. The first-order chi connectivity index (χ1) is 16.8. The smallest absolute Gasteiger partial charge is 0.244 e. The molecular weight excluding hydrogens is 492 g/mol. The van der Waals surface area contributed by atoms with Gasteiger partial charge in [-0.3, -0.25) is 4.79 Å². The van der Waals surface area contributed by atoms with Gasteiger partial charge < -0.3 is 5.73 Å². The number of hydrogen-bond donors (Lipinski definition) is 1. The van der Waals surface area contributed by atoms with Crippen molar-refractivity contribution in [3.8, 4) is 0 Å². The Balaban J connectivity index is 1.85. The lowest BCUT2D eigenvalue weighted by molar-refractivity contribution is -0.122. The van der Waals surface area contributed by atoms with Crippen molar-refractivity contribution in [3.63, 3.8) is 0 Å². The zero-order chi connectivity index (χ0) is 26.3. The average Bonchev–Trinajstić information content (AvgIpc) is 2.82. The van der Waals surface area contributed by atoms with Crippen LogP contribution in [0.5, 0.6) is 0 Å². The largest absolute Gasteiger partial charge is 0.368 e. The molecule has 7 heteroatoms. The number of nitrogens with two attached hydrogens (primary N) is 1. The molecular formula is C29H33ClN2O3S. The van der Waals surface area contributed by atoms with Crippen LogP contribution in [0.2, 0.25) is 5.02 Å². The second-order valence-corrected chi connectivity index (χ2v) is 13.2. The first-order valence-electron chi connectivity index (χ1n) is 12.1. The Labute approximate surface area is 219 Å². The first kappa shape index (κ1) is 26.4. The maximum atomic E-state index is 14.0. The van der Waals surface area contributed by atoms with E-state index in [9.17, 15) is 13.2 Å². The van der Waals surface area contributed by atoms with E-state index in [1.807, 2.05) is 12.1 Å². The fourth-order valence-electron chi connectivity index (χ4n) is 5.08. The number of rotatable bonds is 7. The fourth-order valence-corrected chi connectivity index (χ4v) is 6.78. The van der Waals surface area contributed by atoms with Crippen molar-refractivity contribution in [3.05, 3.63) is 100 Å². The van der Waals surface area contributed by atoms with Gasteiger partial charge in [0.25, 0.3) is 0 Å². The number of nitrogens with zero attached hydrogens (tertiary/aromatic N) is 1. The number of halogens is 1. The second-order valence-electron chi connectivity index (χ2n) is 10.9. The number of benzene rings is 3. The molecule has 0 fully saturated rings. The van der Waals surface area contributed by atoms with Crippen LogP contribution in [0.4, 0.5) is 0 Å².